The van der Waals surface area contributed by atoms with Crippen molar-refractivity contribution in [3.8, 4) is 11.8 Å². The molecular formula is C22H17N3O4S. The van der Waals surface area contributed by atoms with E-state index < -0.39 is 10.1 Å². The fourth-order valence-corrected chi connectivity index (χ4v) is 3.47. The van der Waals surface area contributed by atoms with Crippen LogP contribution in [0.25, 0.3) is 0 Å². The quantitative estimate of drug-likeness (QED) is 0.360. The lowest BCUT2D eigenvalue weighted by atomic mass is 10.1. The summed E-state index contributed by atoms with van der Waals surface area (Å²) in [7, 11) is -4.10. The van der Waals surface area contributed by atoms with Crippen molar-refractivity contribution in [2.75, 3.05) is 0 Å². The van der Waals surface area contributed by atoms with E-state index in [-0.39, 0.29) is 23.0 Å². The van der Waals surface area contributed by atoms with Gasteiger partial charge in [-0.3, -0.25) is 4.79 Å². The Bertz CT molecular complexity index is 1200. The second-order valence-electron chi connectivity index (χ2n) is 6.17. The first kappa shape index (κ1) is 20.8. The topological polar surface area (TPSA) is 109 Å². The van der Waals surface area contributed by atoms with Crippen molar-refractivity contribution >= 4 is 22.2 Å². The zero-order valence-corrected chi connectivity index (χ0v) is 16.5. The highest BCUT2D eigenvalue weighted by Gasteiger charge is 2.18. The zero-order valence-electron chi connectivity index (χ0n) is 15.7. The van der Waals surface area contributed by atoms with E-state index in [1.54, 1.807) is 18.2 Å². The van der Waals surface area contributed by atoms with Gasteiger partial charge >= 0.3 is 10.1 Å². The summed E-state index contributed by atoms with van der Waals surface area (Å²) in [4.78, 5) is 11.9. The second kappa shape index (κ2) is 9.49. The summed E-state index contributed by atoms with van der Waals surface area (Å²) in [5.74, 6) is -0.246. The van der Waals surface area contributed by atoms with Crippen molar-refractivity contribution in [2.24, 2.45) is 5.10 Å². The predicted molar refractivity (Wildman–Crippen MR) is 111 cm³/mol. The van der Waals surface area contributed by atoms with Gasteiger partial charge < -0.3 is 4.18 Å². The number of nitriles is 1. The van der Waals surface area contributed by atoms with Crippen molar-refractivity contribution in [1.82, 2.24) is 5.43 Å². The number of carbonyl (C=O) groups is 1. The van der Waals surface area contributed by atoms with Gasteiger partial charge in [-0.2, -0.15) is 18.8 Å². The molecule has 3 aromatic rings. The number of hydrazone groups is 1. The molecule has 0 aliphatic carbocycles. The molecule has 0 atom stereocenters. The maximum Gasteiger partial charge on any atom is 0.339 e. The van der Waals surface area contributed by atoms with Crippen LogP contribution in [0.3, 0.4) is 0 Å². The van der Waals surface area contributed by atoms with E-state index in [0.717, 1.165) is 5.56 Å². The van der Waals surface area contributed by atoms with Gasteiger partial charge in [0, 0.05) is 5.56 Å². The first-order chi connectivity index (χ1) is 14.5. The number of hydrogen-bond donors (Lipinski definition) is 1. The van der Waals surface area contributed by atoms with E-state index in [1.165, 1.54) is 36.5 Å². The van der Waals surface area contributed by atoms with Crippen molar-refractivity contribution < 1.29 is 17.4 Å². The number of benzene rings is 3. The number of hydrogen-bond acceptors (Lipinski definition) is 6. The molecule has 3 rings (SSSR count). The Morgan fingerprint density at radius 1 is 1.00 bits per heavy atom. The maximum absolute atomic E-state index is 12.5. The summed E-state index contributed by atoms with van der Waals surface area (Å²) in [6, 6.07) is 22.9. The van der Waals surface area contributed by atoms with Crippen LogP contribution in [0.5, 0.6) is 5.75 Å². The highest BCUT2D eigenvalue weighted by molar-refractivity contribution is 7.87. The molecule has 0 fully saturated rings. The van der Waals surface area contributed by atoms with Gasteiger partial charge in [0.2, 0.25) is 5.91 Å². The molecule has 1 amide bonds. The fourth-order valence-electron chi connectivity index (χ4n) is 2.52. The van der Waals surface area contributed by atoms with E-state index in [0.29, 0.717) is 11.1 Å². The van der Waals surface area contributed by atoms with E-state index in [4.69, 9.17) is 9.44 Å². The molecule has 30 heavy (non-hydrogen) atoms. The first-order valence-corrected chi connectivity index (χ1v) is 10.3. The molecule has 3 aromatic carbocycles. The third-order valence-electron chi connectivity index (χ3n) is 3.99. The van der Waals surface area contributed by atoms with Crippen LogP contribution in [0.15, 0.2) is 88.9 Å². The Labute approximate surface area is 174 Å². The first-order valence-electron chi connectivity index (χ1n) is 8.87. The van der Waals surface area contributed by atoms with E-state index in [1.807, 2.05) is 36.4 Å². The molecule has 7 nitrogen and oxygen atoms in total. The Hall–Kier alpha value is -3.96. The third-order valence-corrected chi connectivity index (χ3v) is 5.24. The van der Waals surface area contributed by atoms with Gasteiger partial charge in [0.15, 0.2) is 5.75 Å². The molecule has 0 heterocycles. The van der Waals surface area contributed by atoms with Gasteiger partial charge in [-0.15, -0.1) is 0 Å². The van der Waals surface area contributed by atoms with Gasteiger partial charge in [-0.1, -0.05) is 42.5 Å². The van der Waals surface area contributed by atoms with Gasteiger partial charge in [-0.25, -0.2) is 5.43 Å². The standard InChI is InChI=1S/C22H17N3O4S/c23-15-18-10-12-20(13-11-18)30(27,28)29-21-9-5-4-8-19(21)16-24-25-22(26)14-17-6-2-1-3-7-17/h1-13,16H,14H2,(H,25,26)/b24-16+. The molecule has 0 aromatic heterocycles. The highest BCUT2D eigenvalue weighted by atomic mass is 32.2. The van der Waals surface area contributed by atoms with E-state index in [2.05, 4.69) is 10.5 Å². The fraction of sp³-hybridized carbons (Fsp3) is 0.0455. The Balaban J connectivity index is 1.70. The van der Waals surface area contributed by atoms with Crippen LogP contribution in [0.1, 0.15) is 16.7 Å². The molecule has 150 valence electrons. The molecule has 0 aliphatic heterocycles. The Morgan fingerprint density at radius 3 is 2.37 bits per heavy atom. The van der Waals surface area contributed by atoms with Crippen molar-refractivity contribution in [3.05, 3.63) is 95.6 Å². The maximum atomic E-state index is 12.5. The van der Waals surface area contributed by atoms with Gasteiger partial charge in [0.05, 0.1) is 24.3 Å². The number of nitrogens with zero attached hydrogens (tertiary/aromatic N) is 2. The largest absolute Gasteiger partial charge is 0.378 e. The lowest BCUT2D eigenvalue weighted by Gasteiger charge is -2.09. The van der Waals surface area contributed by atoms with Gasteiger partial charge in [0.1, 0.15) is 4.90 Å². The molecular weight excluding hydrogens is 402 g/mol. The molecule has 1 N–H and O–H groups in total. The van der Waals surface area contributed by atoms with Gasteiger partial charge in [0.25, 0.3) is 0 Å². The molecule has 8 heteroatoms. The van der Waals surface area contributed by atoms with Crippen LogP contribution in [-0.2, 0) is 21.3 Å². The monoisotopic (exact) mass is 419 g/mol. The third kappa shape index (κ3) is 5.53. The molecule has 0 aliphatic rings. The summed E-state index contributed by atoms with van der Waals surface area (Å²) in [6.45, 7) is 0. The van der Waals surface area contributed by atoms with Crippen LogP contribution in [0.4, 0.5) is 0 Å². The average Bonchev–Trinajstić information content (AvgIpc) is 2.75. The smallest absolute Gasteiger partial charge is 0.339 e. The van der Waals surface area contributed by atoms with Crippen LogP contribution < -0.4 is 9.61 Å². The Kier molecular flexibility index (Phi) is 6.57. The average molecular weight is 419 g/mol. The summed E-state index contributed by atoms with van der Waals surface area (Å²) in [5.41, 5.74) is 3.97. The summed E-state index contributed by atoms with van der Waals surface area (Å²) in [5, 5.41) is 12.7. The molecule has 0 radical (unpaired) electrons. The normalized spacial score (nSPS) is 11.0. The Morgan fingerprint density at radius 2 is 1.67 bits per heavy atom. The van der Waals surface area contributed by atoms with Crippen LogP contribution >= 0.6 is 0 Å². The number of amides is 1. The lowest BCUT2D eigenvalue weighted by molar-refractivity contribution is -0.120. The molecule has 0 unspecified atom stereocenters. The minimum absolute atomic E-state index is 0.0583. The number of rotatable bonds is 7. The second-order valence-corrected chi connectivity index (χ2v) is 7.71. The van der Waals surface area contributed by atoms with Crippen molar-refractivity contribution in [2.45, 2.75) is 11.3 Å². The van der Waals surface area contributed by atoms with Crippen LogP contribution in [0.2, 0.25) is 0 Å². The SMILES string of the molecule is N#Cc1ccc(S(=O)(=O)Oc2ccccc2/C=N/NC(=O)Cc2ccccc2)cc1. The molecule has 0 spiro atoms. The molecule has 0 bridgehead atoms. The summed E-state index contributed by atoms with van der Waals surface area (Å²) in [6.07, 6.45) is 1.48. The van der Waals surface area contributed by atoms with Crippen molar-refractivity contribution in [1.29, 1.82) is 5.26 Å². The number of para-hydroxylation sites is 1. The van der Waals surface area contributed by atoms with E-state index in [9.17, 15) is 13.2 Å². The lowest BCUT2D eigenvalue weighted by Crippen LogP contribution is -2.19. The van der Waals surface area contributed by atoms with Crippen LogP contribution in [0, 0.1) is 11.3 Å². The number of carbonyl (C=O) groups excluding carboxylic acids is 1. The van der Waals surface area contributed by atoms with Crippen molar-refractivity contribution in [3.63, 3.8) is 0 Å². The van der Waals surface area contributed by atoms with Gasteiger partial charge in [-0.05, 0) is 42.0 Å². The zero-order chi connectivity index (χ0) is 21.4. The summed E-state index contributed by atoms with van der Waals surface area (Å²) >= 11 is 0. The minimum Gasteiger partial charge on any atom is -0.378 e. The minimum atomic E-state index is -4.10. The van der Waals surface area contributed by atoms with E-state index >= 15 is 0 Å². The predicted octanol–water partition coefficient (Wildman–Crippen LogP) is 3.02. The molecule has 0 saturated carbocycles. The highest BCUT2D eigenvalue weighted by Crippen LogP contribution is 2.22. The molecule has 0 saturated heterocycles. The summed E-state index contributed by atoms with van der Waals surface area (Å²) < 4.78 is 30.3. The number of nitrogens with one attached hydrogen (secondary N) is 1. The van der Waals surface area contributed by atoms with Crippen LogP contribution in [-0.4, -0.2) is 20.5 Å².